The zero-order valence-corrected chi connectivity index (χ0v) is 23.4. The second-order valence-corrected chi connectivity index (χ2v) is 11.2. The quantitative estimate of drug-likeness (QED) is 0.226. The first-order valence-corrected chi connectivity index (χ1v) is 14.2. The van der Waals surface area contributed by atoms with Crippen LogP contribution in [0.25, 0.3) is 33.4 Å². The number of benzene rings is 6. The van der Waals surface area contributed by atoms with Crippen molar-refractivity contribution in [1.82, 2.24) is 0 Å². The van der Waals surface area contributed by atoms with E-state index in [0.717, 1.165) is 45.0 Å². The second kappa shape index (κ2) is 9.83. The number of hydrogen-bond donors (Lipinski definition) is 1. The van der Waals surface area contributed by atoms with Crippen LogP contribution >= 0.6 is 0 Å². The summed E-state index contributed by atoms with van der Waals surface area (Å²) in [6.45, 7) is 4.68. The van der Waals surface area contributed by atoms with Crippen molar-refractivity contribution in [2.45, 2.75) is 19.3 Å². The molecule has 0 aliphatic heterocycles. The lowest BCUT2D eigenvalue weighted by atomic mass is 9.77. The van der Waals surface area contributed by atoms with E-state index in [4.69, 9.17) is 5.73 Å². The first-order chi connectivity index (χ1) is 20.0. The van der Waals surface area contributed by atoms with E-state index >= 15 is 0 Å². The third kappa shape index (κ3) is 4.11. The highest BCUT2D eigenvalue weighted by Crippen LogP contribution is 2.56. The van der Waals surface area contributed by atoms with Crippen molar-refractivity contribution >= 4 is 22.7 Å². The van der Waals surface area contributed by atoms with Crippen LogP contribution in [0.15, 0.2) is 146 Å². The fraction of sp³-hybridized carbons (Fsp3) is 0.0769. The maximum Gasteiger partial charge on any atom is 0.0476 e. The Hall–Kier alpha value is -5.08. The Morgan fingerprint density at radius 1 is 0.488 bits per heavy atom. The van der Waals surface area contributed by atoms with Crippen LogP contribution in [0.3, 0.4) is 0 Å². The Bertz CT molecular complexity index is 1800. The highest BCUT2D eigenvalue weighted by atomic mass is 15.1. The SMILES string of the molecule is CC1(C)c2cc(N(c3ccccc3)c3ccccc3)ccc2-c2cc(-c3ccccc3)c(N)c(-c3ccccc3)c21. The van der Waals surface area contributed by atoms with Gasteiger partial charge in [-0.2, -0.15) is 0 Å². The highest BCUT2D eigenvalue weighted by Gasteiger charge is 2.40. The first-order valence-electron chi connectivity index (χ1n) is 14.2. The van der Waals surface area contributed by atoms with E-state index in [0.29, 0.717) is 0 Å². The van der Waals surface area contributed by atoms with Crippen LogP contribution in [-0.2, 0) is 5.41 Å². The molecule has 6 aromatic carbocycles. The summed E-state index contributed by atoms with van der Waals surface area (Å²) in [6.07, 6.45) is 0. The standard InChI is InChI=1S/C39H32N2/c1-39(2)35-25-31(41(29-19-11-5-12-20-29)30-21-13-6-14-22-30)23-24-32(35)34-26-33(27-15-7-3-8-16-27)38(40)36(37(34)39)28-17-9-4-10-18-28/h3-26H,40H2,1-2H3. The van der Waals surface area contributed by atoms with Gasteiger partial charge in [0.25, 0.3) is 0 Å². The molecule has 2 heteroatoms. The van der Waals surface area contributed by atoms with E-state index in [2.05, 4.69) is 164 Å². The van der Waals surface area contributed by atoms with Crippen molar-refractivity contribution in [3.63, 3.8) is 0 Å². The molecule has 1 aliphatic rings. The van der Waals surface area contributed by atoms with Gasteiger partial charge in [-0.1, -0.05) is 117 Å². The predicted octanol–water partition coefficient (Wildman–Crippen LogP) is 10.4. The molecule has 198 valence electrons. The number of rotatable bonds is 5. The molecule has 0 amide bonds. The molecule has 0 radical (unpaired) electrons. The summed E-state index contributed by atoms with van der Waals surface area (Å²) in [5.41, 5.74) is 20.7. The molecule has 2 nitrogen and oxygen atoms in total. The Morgan fingerprint density at radius 2 is 1.00 bits per heavy atom. The molecule has 0 atom stereocenters. The lowest BCUT2D eigenvalue weighted by molar-refractivity contribution is 0.662. The van der Waals surface area contributed by atoms with Gasteiger partial charge in [0.2, 0.25) is 0 Å². The third-order valence-corrected chi connectivity index (χ3v) is 8.39. The van der Waals surface area contributed by atoms with Gasteiger partial charge < -0.3 is 10.6 Å². The average Bonchev–Trinajstić information content (AvgIpc) is 3.24. The molecule has 6 aromatic rings. The summed E-state index contributed by atoms with van der Waals surface area (Å²) in [4.78, 5) is 2.33. The number of hydrogen-bond acceptors (Lipinski definition) is 2. The molecule has 0 saturated carbocycles. The van der Waals surface area contributed by atoms with Crippen LogP contribution in [0.4, 0.5) is 22.7 Å². The molecule has 7 rings (SSSR count). The average molecular weight is 529 g/mol. The van der Waals surface area contributed by atoms with E-state index in [-0.39, 0.29) is 5.41 Å². The van der Waals surface area contributed by atoms with Gasteiger partial charge in [0.05, 0.1) is 0 Å². The zero-order valence-electron chi connectivity index (χ0n) is 23.4. The van der Waals surface area contributed by atoms with Crippen LogP contribution in [0.5, 0.6) is 0 Å². The Labute approximate surface area is 242 Å². The fourth-order valence-corrected chi connectivity index (χ4v) is 6.48. The number of nitrogens with two attached hydrogens (primary N) is 1. The van der Waals surface area contributed by atoms with Crippen molar-refractivity contribution in [2.75, 3.05) is 10.6 Å². The minimum Gasteiger partial charge on any atom is -0.398 e. The number of anilines is 4. The maximum atomic E-state index is 7.10. The van der Waals surface area contributed by atoms with Gasteiger partial charge in [-0.25, -0.2) is 0 Å². The summed E-state index contributed by atoms with van der Waals surface area (Å²) in [7, 11) is 0. The second-order valence-electron chi connectivity index (χ2n) is 11.2. The van der Waals surface area contributed by atoms with Gasteiger partial charge in [-0.05, 0) is 75.8 Å². The van der Waals surface area contributed by atoms with Gasteiger partial charge in [0, 0.05) is 39.3 Å². The van der Waals surface area contributed by atoms with Crippen molar-refractivity contribution in [1.29, 1.82) is 0 Å². The topological polar surface area (TPSA) is 29.3 Å². The number of para-hydroxylation sites is 2. The van der Waals surface area contributed by atoms with E-state index in [1.54, 1.807) is 0 Å². The fourth-order valence-electron chi connectivity index (χ4n) is 6.48. The highest BCUT2D eigenvalue weighted by molar-refractivity contribution is 6.00. The molecular weight excluding hydrogens is 496 g/mol. The van der Waals surface area contributed by atoms with Crippen LogP contribution in [-0.4, -0.2) is 0 Å². The summed E-state index contributed by atoms with van der Waals surface area (Å²) in [5, 5.41) is 0. The number of nitrogen functional groups attached to an aromatic ring is 1. The Morgan fingerprint density at radius 3 is 1.56 bits per heavy atom. The van der Waals surface area contributed by atoms with E-state index in [1.807, 2.05) is 0 Å². The van der Waals surface area contributed by atoms with Crippen molar-refractivity contribution in [3.05, 3.63) is 157 Å². The van der Waals surface area contributed by atoms with Crippen LogP contribution < -0.4 is 10.6 Å². The Balaban J connectivity index is 1.48. The summed E-state index contributed by atoms with van der Waals surface area (Å²) in [6, 6.07) is 51.5. The van der Waals surface area contributed by atoms with Crippen LogP contribution in [0.2, 0.25) is 0 Å². The minimum absolute atomic E-state index is 0.256. The molecule has 0 heterocycles. The first kappa shape index (κ1) is 24.9. The molecule has 1 aliphatic carbocycles. The summed E-state index contributed by atoms with van der Waals surface area (Å²) < 4.78 is 0. The van der Waals surface area contributed by atoms with Gasteiger partial charge >= 0.3 is 0 Å². The van der Waals surface area contributed by atoms with Gasteiger partial charge in [-0.3, -0.25) is 0 Å². The number of nitrogens with zero attached hydrogens (tertiary/aromatic N) is 1. The monoisotopic (exact) mass is 528 g/mol. The molecule has 0 saturated heterocycles. The van der Waals surface area contributed by atoms with Crippen molar-refractivity contribution < 1.29 is 0 Å². The smallest absolute Gasteiger partial charge is 0.0476 e. The van der Waals surface area contributed by atoms with Crippen molar-refractivity contribution in [3.8, 4) is 33.4 Å². The van der Waals surface area contributed by atoms with Crippen molar-refractivity contribution in [2.24, 2.45) is 0 Å². The molecule has 0 unspecified atom stereocenters. The normalized spacial score (nSPS) is 12.9. The summed E-state index contributed by atoms with van der Waals surface area (Å²) in [5.74, 6) is 0. The molecular formula is C39H32N2. The summed E-state index contributed by atoms with van der Waals surface area (Å²) >= 11 is 0. The molecule has 0 spiro atoms. The molecule has 0 bridgehead atoms. The molecule has 0 aromatic heterocycles. The van der Waals surface area contributed by atoms with Gasteiger partial charge in [0.1, 0.15) is 0 Å². The van der Waals surface area contributed by atoms with E-state index in [1.165, 1.54) is 22.3 Å². The molecule has 41 heavy (non-hydrogen) atoms. The van der Waals surface area contributed by atoms with E-state index in [9.17, 15) is 0 Å². The largest absolute Gasteiger partial charge is 0.398 e. The van der Waals surface area contributed by atoms with Crippen LogP contribution in [0.1, 0.15) is 25.0 Å². The van der Waals surface area contributed by atoms with Gasteiger partial charge in [-0.15, -0.1) is 0 Å². The molecule has 0 fully saturated rings. The van der Waals surface area contributed by atoms with Crippen LogP contribution in [0, 0.1) is 0 Å². The maximum absolute atomic E-state index is 7.10. The van der Waals surface area contributed by atoms with Gasteiger partial charge in [0.15, 0.2) is 0 Å². The Kier molecular flexibility index (Phi) is 5.98. The van der Waals surface area contributed by atoms with E-state index < -0.39 is 0 Å². The minimum atomic E-state index is -0.256. The predicted molar refractivity (Wildman–Crippen MR) is 174 cm³/mol. The lowest BCUT2D eigenvalue weighted by Gasteiger charge is -2.29. The lowest BCUT2D eigenvalue weighted by Crippen LogP contribution is -2.18. The number of fused-ring (bicyclic) bond motifs is 3. The third-order valence-electron chi connectivity index (χ3n) is 8.39. The zero-order chi connectivity index (χ0) is 28.0. The molecule has 2 N–H and O–H groups in total.